The highest BCUT2D eigenvalue weighted by Gasteiger charge is 2.24. The normalized spacial score (nSPS) is 11.1. The number of anilines is 1. The minimum absolute atomic E-state index is 0.338. The summed E-state index contributed by atoms with van der Waals surface area (Å²) >= 11 is 5.71. The number of nitrogens with two attached hydrogens (primary N) is 1. The maximum Gasteiger partial charge on any atom is 0.224 e. The Balaban J connectivity index is 2.61. The quantitative estimate of drug-likeness (QED) is 0.769. The number of hydrogen-bond donors (Lipinski definition) is 2. The molecule has 1 aromatic heterocycles. The van der Waals surface area contributed by atoms with Gasteiger partial charge in [-0.3, -0.25) is 4.79 Å². The van der Waals surface area contributed by atoms with Crippen molar-refractivity contribution in [2.24, 2.45) is 11.1 Å². The van der Waals surface area contributed by atoms with Gasteiger partial charge in [0.1, 0.15) is 5.15 Å². The molecule has 0 spiro atoms. The second-order valence-electron chi connectivity index (χ2n) is 3.97. The fourth-order valence-corrected chi connectivity index (χ4v) is 1.10. The number of nitrogens with one attached hydrogen (secondary N) is 1. The SMILES string of the molecule is CC(C)(CNc1ccnc(Cl)c1)C(N)=O. The topological polar surface area (TPSA) is 68.0 Å². The van der Waals surface area contributed by atoms with Gasteiger partial charge in [0, 0.05) is 18.4 Å². The van der Waals surface area contributed by atoms with E-state index in [1.54, 1.807) is 32.2 Å². The molecule has 0 aromatic carbocycles. The zero-order valence-corrected chi connectivity index (χ0v) is 9.51. The number of amides is 1. The van der Waals surface area contributed by atoms with Crippen molar-refractivity contribution in [1.82, 2.24) is 4.98 Å². The smallest absolute Gasteiger partial charge is 0.224 e. The van der Waals surface area contributed by atoms with Gasteiger partial charge in [-0.05, 0) is 26.0 Å². The molecular weight excluding hydrogens is 214 g/mol. The molecule has 0 bridgehead atoms. The molecule has 3 N–H and O–H groups in total. The van der Waals surface area contributed by atoms with Gasteiger partial charge in [0.05, 0.1) is 5.41 Å². The van der Waals surface area contributed by atoms with Crippen molar-refractivity contribution in [2.45, 2.75) is 13.8 Å². The van der Waals surface area contributed by atoms with Crippen LogP contribution in [0.5, 0.6) is 0 Å². The summed E-state index contributed by atoms with van der Waals surface area (Å²) in [6, 6.07) is 3.47. The van der Waals surface area contributed by atoms with Crippen LogP contribution in [0.25, 0.3) is 0 Å². The number of hydrogen-bond acceptors (Lipinski definition) is 3. The minimum Gasteiger partial charge on any atom is -0.384 e. The lowest BCUT2D eigenvalue weighted by Crippen LogP contribution is -2.37. The van der Waals surface area contributed by atoms with E-state index >= 15 is 0 Å². The summed E-state index contributed by atoms with van der Waals surface area (Å²) in [6.45, 7) is 4.03. The summed E-state index contributed by atoms with van der Waals surface area (Å²) in [5, 5.41) is 3.50. The first-order chi connectivity index (χ1) is 6.92. The molecule has 0 saturated heterocycles. The van der Waals surface area contributed by atoms with E-state index in [1.165, 1.54) is 0 Å². The van der Waals surface area contributed by atoms with E-state index in [9.17, 15) is 4.79 Å². The summed E-state index contributed by atoms with van der Waals surface area (Å²) in [6.07, 6.45) is 1.60. The molecule has 15 heavy (non-hydrogen) atoms. The number of nitrogens with zero attached hydrogens (tertiary/aromatic N) is 1. The van der Waals surface area contributed by atoms with Crippen LogP contribution in [-0.2, 0) is 4.79 Å². The van der Waals surface area contributed by atoms with Gasteiger partial charge in [0.25, 0.3) is 0 Å². The number of aromatic nitrogens is 1. The molecule has 1 aromatic rings. The molecule has 1 rings (SSSR count). The van der Waals surface area contributed by atoms with Crippen LogP contribution >= 0.6 is 11.6 Å². The number of halogens is 1. The minimum atomic E-state index is -0.588. The molecule has 0 radical (unpaired) electrons. The van der Waals surface area contributed by atoms with Crippen LogP contribution < -0.4 is 11.1 Å². The molecule has 82 valence electrons. The maximum atomic E-state index is 11.1. The fourth-order valence-electron chi connectivity index (χ4n) is 0.923. The van der Waals surface area contributed by atoms with E-state index in [1.807, 2.05) is 0 Å². The van der Waals surface area contributed by atoms with Crippen LogP contribution in [0.4, 0.5) is 5.69 Å². The van der Waals surface area contributed by atoms with Crippen molar-refractivity contribution >= 4 is 23.2 Å². The Labute approximate surface area is 93.8 Å². The molecule has 0 aliphatic heterocycles. The number of carbonyl (C=O) groups is 1. The predicted octanol–water partition coefficient (Wildman–Crippen LogP) is 1.66. The predicted molar refractivity (Wildman–Crippen MR) is 60.7 cm³/mol. The molecule has 5 heteroatoms. The Hall–Kier alpha value is -1.29. The molecular formula is C10H14ClN3O. The first kappa shape index (κ1) is 11.8. The lowest BCUT2D eigenvalue weighted by atomic mass is 9.93. The van der Waals surface area contributed by atoms with Gasteiger partial charge in [-0.25, -0.2) is 4.98 Å². The fraction of sp³-hybridized carbons (Fsp3) is 0.400. The molecule has 0 saturated carbocycles. The zero-order chi connectivity index (χ0) is 11.5. The van der Waals surface area contributed by atoms with E-state index in [0.717, 1.165) is 5.69 Å². The van der Waals surface area contributed by atoms with Gasteiger partial charge < -0.3 is 11.1 Å². The van der Waals surface area contributed by atoms with Gasteiger partial charge in [-0.2, -0.15) is 0 Å². The van der Waals surface area contributed by atoms with Crippen molar-refractivity contribution < 1.29 is 4.79 Å². The average Bonchev–Trinajstić information content (AvgIpc) is 2.15. The van der Waals surface area contributed by atoms with Crippen LogP contribution in [0.1, 0.15) is 13.8 Å². The maximum absolute atomic E-state index is 11.1. The monoisotopic (exact) mass is 227 g/mol. The van der Waals surface area contributed by atoms with Gasteiger partial charge >= 0.3 is 0 Å². The van der Waals surface area contributed by atoms with Crippen LogP contribution in [0, 0.1) is 5.41 Å². The van der Waals surface area contributed by atoms with E-state index in [4.69, 9.17) is 17.3 Å². The third-order valence-electron chi connectivity index (χ3n) is 2.13. The summed E-state index contributed by atoms with van der Waals surface area (Å²) in [4.78, 5) is 14.9. The summed E-state index contributed by atoms with van der Waals surface area (Å²) < 4.78 is 0. The molecule has 1 heterocycles. The highest BCUT2D eigenvalue weighted by atomic mass is 35.5. The van der Waals surface area contributed by atoms with Crippen LogP contribution in [-0.4, -0.2) is 17.4 Å². The van der Waals surface area contributed by atoms with Gasteiger partial charge in [0.15, 0.2) is 0 Å². The van der Waals surface area contributed by atoms with Crippen molar-refractivity contribution in [3.05, 3.63) is 23.5 Å². The number of rotatable bonds is 4. The van der Waals surface area contributed by atoms with Gasteiger partial charge in [-0.1, -0.05) is 11.6 Å². The number of carbonyl (C=O) groups excluding carboxylic acids is 1. The van der Waals surface area contributed by atoms with E-state index in [-0.39, 0.29) is 5.91 Å². The molecule has 0 fully saturated rings. The highest BCUT2D eigenvalue weighted by Crippen LogP contribution is 2.17. The first-order valence-corrected chi connectivity index (χ1v) is 4.95. The standard InChI is InChI=1S/C10H14ClN3O/c1-10(2,9(12)15)6-14-7-3-4-13-8(11)5-7/h3-5H,6H2,1-2H3,(H2,12,15)(H,13,14). The Morgan fingerprint density at radius 1 is 1.67 bits per heavy atom. The molecule has 1 amide bonds. The Bertz CT molecular complexity index is 365. The molecule has 0 aliphatic rings. The van der Waals surface area contributed by atoms with Crippen molar-refractivity contribution in [2.75, 3.05) is 11.9 Å². The van der Waals surface area contributed by atoms with Crippen molar-refractivity contribution in [3.8, 4) is 0 Å². The molecule has 0 unspecified atom stereocenters. The summed E-state index contributed by atoms with van der Waals surface area (Å²) in [7, 11) is 0. The summed E-state index contributed by atoms with van der Waals surface area (Å²) in [5.41, 5.74) is 5.48. The zero-order valence-electron chi connectivity index (χ0n) is 8.75. The van der Waals surface area contributed by atoms with Crippen LogP contribution in [0.2, 0.25) is 5.15 Å². The van der Waals surface area contributed by atoms with E-state index in [0.29, 0.717) is 11.7 Å². The first-order valence-electron chi connectivity index (χ1n) is 4.57. The second kappa shape index (κ2) is 4.49. The molecule has 0 atom stereocenters. The number of pyridine rings is 1. The largest absolute Gasteiger partial charge is 0.384 e. The summed E-state index contributed by atoms with van der Waals surface area (Å²) in [5.74, 6) is -0.338. The Morgan fingerprint density at radius 2 is 2.33 bits per heavy atom. The second-order valence-corrected chi connectivity index (χ2v) is 4.36. The van der Waals surface area contributed by atoms with E-state index < -0.39 is 5.41 Å². The Morgan fingerprint density at radius 3 is 2.87 bits per heavy atom. The molecule has 0 aliphatic carbocycles. The third kappa shape index (κ3) is 3.40. The van der Waals surface area contributed by atoms with Crippen molar-refractivity contribution in [1.29, 1.82) is 0 Å². The van der Waals surface area contributed by atoms with Gasteiger partial charge in [-0.15, -0.1) is 0 Å². The van der Waals surface area contributed by atoms with Gasteiger partial charge in [0.2, 0.25) is 5.91 Å². The molecule has 4 nitrogen and oxygen atoms in total. The third-order valence-corrected chi connectivity index (χ3v) is 2.33. The van der Waals surface area contributed by atoms with E-state index in [2.05, 4.69) is 10.3 Å². The number of primary amides is 1. The van der Waals surface area contributed by atoms with Crippen LogP contribution in [0.15, 0.2) is 18.3 Å². The average molecular weight is 228 g/mol. The lowest BCUT2D eigenvalue weighted by Gasteiger charge is -2.21. The lowest BCUT2D eigenvalue weighted by molar-refractivity contribution is -0.125. The Kier molecular flexibility index (Phi) is 3.52. The van der Waals surface area contributed by atoms with Crippen molar-refractivity contribution in [3.63, 3.8) is 0 Å². The highest BCUT2D eigenvalue weighted by molar-refractivity contribution is 6.29. The van der Waals surface area contributed by atoms with Crippen LogP contribution in [0.3, 0.4) is 0 Å².